The zero-order chi connectivity index (χ0) is 17.9. The molecule has 2 rings (SSSR count). The van der Waals surface area contributed by atoms with Gasteiger partial charge >= 0.3 is 0 Å². The van der Waals surface area contributed by atoms with Crippen LogP contribution in [0.15, 0.2) is 0 Å². The highest BCUT2D eigenvalue weighted by atomic mass is 16.7. The van der Waals surface area contributed by atoms with E-state index in [1.807, 2.05) is 4.90 Å². The molecule has 0 N–H and O–H groups in total. The van der Waals surface area contributed by atoms with Crippen LogP contribution in [0, 0.1) is 17.3 Å². The summed E-state index contributed by atoms with van der Waals surface area (Å²) in [5, 5.41) is 0. The van der Waals surface area contributed by atoms with Crippen molar-refractivity contribution >= 4 is 11.8 Å². The Kier molecular flexibility index (Phi) is 6.26. The zero-order valence-corrected chi connectivity index (χ0v) is 15.7. The van der Waals surface area contributed by atoms with Gasteiger partial charge in [-0.1, -0.05) is 20.8 Å². The molecule has 0 aromatic rings. The second-order valence-electron chi connectivity index (χ2n) is 8.06. The van der Waals surface area contributed by atoms with Gasteiger partial charge in [0.25, 0.3) is 5.91 Å². The number of hydrogen-bond donors (Lipinski definition) is 0. The molecule has 0 aromatic heterocycles. The average Bonchev–Trinajstić information content (AvgIpc) is 2.53. The molecule has 1 saturated heterocycles. The zero-order valence-electron chi connectivity index (χ0n) is 15.7. The van der Waals surface area contributed by atoms with E-state index in [0.29, 0.717) is 32.1 Å². The first-order valence-electron chi connectivity index (χ1n) is 8.90. The SMILES string of the molecule is COC(OC)C(=O)N1CCN(C(=O)C2CC(C)CC(C)(C)C2)CC1. The van der Waals surface area contributed by atoms with Gasteiger partial charge in [-0.25, -0.2) is 0 Å². The number of amides is 2. The van der Waals surface area contributed by atoms with E-state index in [4.69, 9.17) is 9.47 Å². The molecule has 2 amide bonds. The van der Waals surface area contributed by atoms with Crippen molar-refractivity contribution in [3.8, 4) is 0 Å². The third kappa shape index (κ3) is 4.48. The number of hydrogen-bond acceptors (Lipinski definition) is 4. The molecule has 2 fully saturated rings. The van der Waals surface area contributed by atoms with Crippen LogP contribution < -0.4 is 0 Å². The second kappa shape index (κ2) is 7.83. The van der Waals surface area contributed by atoms with Gasteiger partial charge in [-0.05, 0) is 30.6 Å². The number of rotatable bonds is 4. The van der Waals surface area contributed by atoms with Crippen LogP contribution in [-0.2, 0) is 19.1 Å². The minimum absolute atomic E-state index is 0.122. The van der Waals surface area contributed by atoms with Crippen LogP contribution in [0.5, 0.6) is 0 Å². The molecule has 0 radical (unpaired) electrons. The lowest BCUT2D eigenvalue weighted by Crippen LogP contribution is -2.55. The van der Waals surface area contributed by atoms with E-state index in [1.54, 1.807) is 4.90 Å². The lowest BCUT2D eigenvalue weighted by atomic mass is 9.67. The Bertz CT molecular complexity index is 454. The highest BCUT2D eigenvalue weighted by Crippen LogP contribution is 2.42. The van der Waals surface area contributed by atoms with Crippen molar-refractivity contribution in [3.05, 3.63) is 0 Å². The summed E-state index contributed by atoms with van der Waals surface area (Å²) in [6.07, 6.45) is 2.28. The van der Waals surface area contributed by atoms with Gasteiger partial charge in [-0.3, -0.25) is 9.59 Å². The number of carbonyl (C=O) groups excluding carboxylic acids is 2. The fraction of sp³-hybridized carbons (Fsp3) is 0.889. The van der Waals surface area contributed by atoms with Crippen molar-refractivity contribution in [1.29, 1.82) is 0 Å². The molecule has 0 spiro atoms. The molecule has 6 nitrogen and oxygen atoms in total. The maximum Gasteiger partial charge on any atom is 0.279 e. The van der Waals surface area contributed by atoms with Gasteiger partial charge in [0.2, 0.25) is 12.2 Å². The van der Waals surface area contributed by atoms with Crippen molar-refractivity contribution in [2.45, 2.75) is 46.3 Å². The van der Waals surface area contributed by atoms with E-state index < -0.39 is 6.29 Å². The fourth-order valence-corrected chi connectivity index (χ4v) is 4.39. The molecule has 24 heavy (non-hydrogen) atoms. The quantitative estimate of drug-likeness (QED) is 0.732. The fourth-order valence-electron chi connectivity index (χ4n) is 4.39. The van der Waals surface area contributed by atoms with Crippen LogP contribution >= 0.6 is 0 Å². The van der Waals surface area contributed by atoms with E-state index in [9.17, 15) is 9.59 Å². The number of carbonyl (C=O) groups is 2. The first-order chi connectivity index (χ1) is 11.3. The van der Waals surface area contributed by atoms with Gasteiger partial charge in [-0.15, -0.1) is 0 Å². The molecule has 0 bridgehead atoms. The Morgan fingerprint density at radius 3 is 2.04 bits per heavy atom. The number of nitrogens with zero attached hydrogens (tertiary/aromatic N) is 2. The minimum atomic E-state index is -0.854. The van der Waals surface area contributed by atoms with Crippen LogP contribution in [0.25, 0.3) is 0 Å². The average molecular weight is 340 g/mol. The summed E-state index contributed by atoms with van der Waals surface area (Å²) in [6, 6.07) is 0. The predicted molar refractivity (Wildman–Crippen MR) is 91.3 cm³/mol. The Labute approximate surface area is 145 Å². The second-order valence-corrected chi connectivity index (χ2v) is 8.06. The van der Waals surface area contributed by atoms with Crippen LogP contribution in [0.2, 0.25) is 0 Å². The van der Waals surface area contributed by atoms with Crippen LogP contribution in [0.1, 0.15) is 40.0 Å². The molecular weight excluding hydrogens is 308 g/mol. The highest BCUT2D eigenvalue weighted by Gasteiger charge is 2.38. The molecule has 1 aliphatic carbocycles. The summed E-state index contributed by atoms with van der Waals surface area (Å²) in [7, 11) is 2.91. The maximum atomic E-state index is 12.9. The van der Waals surface area contributed by atoms with Gasteiger partial charge in [0.05, 0.1) is 0 Å². The van der Waals surface area contributed by atoms with E-state index in [1.165, 1.54) is 20.6 Å². The summed E-state index contributed by atoms with van der Waals surface area (Å²) < 4.78 is 10.0. The first kappa shape index (κ1) is 19.2. The summed E-state index contributed by atoms with van der Waals surface area (Å²) in [5.41, 5.74) is 0.236. The van der Waals surface area contributed by atoms with Gasteiger partial charge in [0.15, 0.2) is 0 Å². The Morgan fingerprint density at radius 1 is 1.00 bits per heavy atom. The van der Waals surface area contributed by atoms with E-state index in [2.05, 4.69) is 20.8 Å². The smallest absolute Gasteiger partial charge is 0.279 e. The van der Waals surface area contributed by atoms with Crippen molar-refractivity contribution in [1.82, 2.24) is 9.80 Å². The monoisotopic (exact) mass is 340 g/mol. The molecule has 1 heterocycles. The number of piperazine rings is 1. The molecule has 2 aliphatic rings. The lowest BCUT2D eigenvalue weighted by molar-refractivity contribution is -0.172. The van der Waals surface area contributed by atoms with E-state index in [-0.39, 0.29) is 23.1 Å². The van der Waals surface area contributed by atoms with Crippen LogP contribution in [0.3, 0.4) is 0 Å². The highest BCUT2D eigenvalue weighted by molar-refractivity contribution is 5.81. The Morgan fingerprint density at radius 2 is 1.54 bits per heavy atom. The molecular formula is C18H32N2O4. The third-order valence-electron chi connectivity index (χ3n) is 5.27. The molecule has 2 unspecified atom stereocenters. The van der Waals surface area contributed by atoms with Gasteiger partial charge in [-0.2, -0.15) is 0 Å². The van der Waals surface area contributed by atoms with Crippen LogP contribution in [0.4, 0.5) is 0 Å². The number of ether oxygens (including phenoxy) is 2. The van der Waals surface area contributed by atoms with Crippen molar-refractivity contribution in [3.63, 3.8) is 0 Å². The van der Waals surface area contributed by atoms with Crippen LogP contribution in [-0.4, -0.2) is 68.3 Å². The molecule has 1 aliphatic heterocycles. The predicted octanol–water partition coefficient (Wildman–Crippen LogP) is 1.74. The van der Waals surface area contributed by atoms with Crippen molar-refractivity contribution in [2.24, 2.45) is 17.3 Å². The van der Waals surface area contributed by atoms with Gasteiger partial charge < -0.3 is 19.3 Å². The Balaban J connectivity index is 1.90. The van der Waals surface area contributed by atoms with Crippen molar-refractivity contribution < 1.29 is 19.1 Å². The molecule has 0 aromatic carbocycles. The normalized spacial score (nSPS) is 27.4. The lowest BCUT2D eigenvalue weighted by Gasteiger charge is -2.42. The molecule has 1 saturated carbocycles. The maximum absolute atomic E-state index is 12.9. The Hall–Kier alpha value is -1.14. The minimum Gasteiger partial charge on any atom is -0.348 e. The standard InChI is InChI=1S/C18H32N2O4/c1-13-10-14(12-18(2,3)11-13)15(21)19-6-8-20(9-7-19)16(22)17(23-4)24-5/h13-14,17H,6-12H2,1-5H3. The largest absolute Gasteiger partial charge is 0.348 e. The summed E-state index contributed by atoms with van der Waals surface area (Å²) in [5.74, 6) is 0.808. The molecule has 2 atom stereocenters. The number of methoxy groups -OCH3 is 2. The third-order valence-corrected chi connectivity index (χ3v) is 5.27. The van der Waals surface area contributed by atoms with E-state index in [0.717, 1.165) is 12.8 Å². The van der Waals surface area contributed by atoms with Crippen molar-refractivity contribution in [2.75, 3.05) is 40.4 Å². The summed E-state index contributed by atoms with van der Waals surface area (Å²) in [6.45, 7) is 9.03. The first-order valence-corrected chi connectivity index (χ1v) is 8.90. The summed E-state index contributed by atoms with van der Waals surface area (Å²) in [4.78, 5) is 28.8. The van der Waals surface area contributed by atoms with E-state index >= 15 is 0 Å². The summed E-state index contributed by atoms with van der Waals surface area (Å²) >= 11 is 0. The topological polar surface area (TPSA) is 59.1 Å². The van der Waals surface area contributed by atoms with Gasteiger partial charge in [0.1, 0.15) is 0 Å². The molecule has 138 valence electrons. The molecule has 6 heteroatoms. The van der Waals surface area contributed by atoms with Gasteiger partial charge in [0, 0.05) is 46.3 Å².